The number of methoxy groups -OCH3 is 3. The van der Waals surface area contributed by atoms with E-state index in [0.717, 1.165) is 33.5 Å². The Hall–Kier alpha value is -3.11. The second-order valence-electron chi connectivity index (χ2n) is 5.48. The topological polar surface area (TPSA) is 125 Å². The Morgan fingerprint density at radius 2 is 1.41 bits per heavy atom. The Bertz CT molecular complexity index is 1080. The summed E-state index contributed by atoms with van der Waals surface area (Å²) in [7, 11) is -0.883. The number of hydrogen-bond donors (Lipinski definition) is 1. The highest BCUT2D eigenvalue weighted by Crippen LogP contribution is 2.26. The third kappa shape index (κ3) is 4.84. The Labute approximate surface area is 171 Å². The van der Waals surface area contributed by atoms with Gasteiger partial charge in [-0.1, -0.05) is 11.6 Å². The summed E-state index contributed by atoms with van der Waals surface area (Å²) in [5.74, 6) is -2.39. The van der Waals surface area contributed by atoms with E-state index in [0.29, 0.717) is 0 Å². The first-order valence-corrected chi connectivity index (χ1v) is 9.72. The van der Waals surface area contributed by atoms with Gasteiger partial charge in [0.1, 0.15) is 0 Å². The standard InChI is InChI=1S/C18H16ClNO8S/c1-26-16(21)10-4-6-12(17(22)27-2)15(8-10)20-29(24,25)11-5-7-14(19)13(9-11)18(23)28-3/h4-9,20H,1-3H3. The molecule has 154 valence electrons. The van der Waals surface area contributed by atoms with Crippen molar-refractivity contribution in [1.82, 2.24) is 0 Å². The lowest BCUT2D eigenvalue weighted by atomic mass is 10.1. The molecule has 1 N–H and O–H groups in total. The van der Waals surface area contributed by atoms with Crippen LogP contribution in [-0.2, 0) is 24.2 Å². The fraction of sp³-hybridized carbons (Fsp3) is 0.167. The van der Waals surface area contributed by atoms with E-state index >= 15 is 0 Å². The molecule has 0 atom stereocenters. The fourth-order valence-corrected chi connectivity index (χ4v) is 3.59. The molecule has 9 nitrogen and oxygen atoms in total. The van der Waals surface area contributed by atoms with E-state index in [1.54, 1.807) is 0 Å². The molecule has 0 amide bonds. The second kappa shape index (κ2) is 8.93. The van der Waals surface area contributed by atoms with Crippen LogP contribution < -0.4 is 4.72 Å². The Kier molecular flexibility index (Phi) is 6.83. The van der Waals surface area contributed by atoms with E-state index in [9.17, 15) is 22.8 Å². The van der Waals surface area contributed by atoms with Gasteiger partial charge in [0.25, 0.3) is 10.0 Å². The summed E-state index contributed by atoms with van der Waals surface area (Å²) in [5.41, 5.74) is -0.502. The van der Waals surface area contributed by atoms with Crippen LogP contribution in [0.25, 0.3) is 0 Å². The third-order valence-electron chi connectivity index (χ3n) is 3.74. The highest BCUT2D eigenvalue weighted by atomic mass is 35.5. The molecular weight excluding hydrogens is 426 g/mol. The molecule has 0 bridgehead atoms. The molecule has 0 aliphatic rings. The lowest BCUT2D eigenvalue weighted by molar-refractivity contribution is 0.0587. The number of ether oxygens (including phenoxy) is 3. The van der Waals surface area contributed by atoms with Crippen LogP contribution in [0.4, 0.5) is 5.69 Å². The van der Waals surface area contributed by atoms with E-state index in [4.69, 9.17) is 11.6 Å². The minimum Gasteiger partial charge on any atom is -0.465 e. The number of nitrogens with one attached hydrogen (secondary N) is 1. The van der Waals surface area contributed by atoms with Gasteiger partial charge in [0.05, 0.1) is 53.6 Å². The molecule has 0 saturated carbocycles. The van der Waals surface area contributed by atoms with Gasteiger partial charge in [-0.3, -0.25) is 4.72 Å². The predicted molar refractivity (Wildman–Crippen MR) is 103 cm³/mol. The van der Waals surface area contributed by atoms with Gasteiger partial charge in [0.15, 0.2) is 0 Å². The SMILES string of the molecule is COC(=O)c1ccc(C(=O)OC)c(NS(=O)(=O)c2ccc(Cl)c(C(=O)OC)c2)c1. The van der Waals surface area contributed by atoms with Crippen molar-refractivity contribution >= 4 is 45.2 Å². The number of rotatable bonds is 6. The van der Waals surface area contributed by atoms with Crippen LogP contribution in [0.2, 0.25) is 5.02 Å². The van der Waals surface area contributed by atoms with E-state index in [1.165, 1.54) is 24.3 Å². The largest absolute Gasteiger partial charge is 0.465 e. The number of esters is 3. The van der Waals surface area contributed by atoms with E-state index in [-0.39, 0.29) is 32.3 Å². The molecule has 0 fully saturated rings. The van der Waals surface area contributed by atoms with Gasteiger partial charge in [-0.05, 0) is 36.4 Å². The summed E-state index contributed by atoms with van der Waals surface area (Å²) in [6, 6.07) is 7.05. The molecule has 11 heteroatoms. The van der Waals surface area contributed by atoms with Gasteiger partial charge >= 0.3 is 17.9 Å². The maximum atomic E-state index is 12.8. The normalized spacial score (nSPS) is 10.8. The van der Waals surface area contributed by atoms with Crippen LogP contribution >= 0.6 is 11.6 Å². The van der Waals surface area contributed by atoms with Crippen LogP contribution in [0.1, 0.15) is 31.1 Å². The lowest BCUT2D eigenvalue weighted by Crippen LogP contribution is -2.17. The molecular formula is C18H16ClNO8S. The van der Waals surface area contributed by atoms with Gasteiger partial charge in [0.2, 0.25) is 0 Å². The molecule has 2 aromatic carbocycles. The number of halogens is 1. The van der Waals surface area contributed by atoms with Gasteiger partial charge in [-0.15, -0.1) is 0 Å². The maximum absolute atomic E-state index is 12.8. The molecule has 2 rings (SSSR count). The number of sulfonamides is 1. The summed E-state index contributed by atoms with van der Waals surface area (Å²) >= 11 is 5.91. The van der Waals surface area contributed by atoms with E-state index < -0.39 is 27.9 Å². The van der Waals surface area contributed by atoms with Gasteiger partial charge in [-0.25, -0.2) is 22.8 Å². The van der Waals surface area contributed by atoms with Crippen molar-refractivity contribution in [3.8, 4) is 0 Å². The highest BCUT2D eigenvalue weighted by Gasteiger charge is 2.23. The average Bonchev–Trinajstić information content (AvgIpc) is 2.71. The third-order valence-corrected chi connectivity index (χ3v) is 5.44. The van der Waals surface area contributed by atoms with Crippen LogP contribution in [0.15, 0.2) is 41.3 Å². The molecule has 0 aliphatic heterocycles. The fourth-order valence-electron chi connectivity index (χ4n) is 2.30. The van der Waals surface area contributed by atoms with Crippen LogP contribution in [-0.4, -0.2) is 47.7 Å². The molecule has 0 aliphatic carbocycles. The predicted octanol–water partition coefficient (Wildman–Crippen LogP) is 2.50. The molecule has 0 spiro atoms. The summed E-state index contributed by atoms with van der Waals surface area (Å²) in [6.45, 7) is 0. The zero-order chi connectivity index (χ0) is 21.8. The zero-order valence-electron chi connectivity index (χ0n) is 15.5. The average molecular weight is 442 g/mol. The van der Waals surface area contributed by atoms with Crippen molar-refractivity contribution in [2.45, 2.75) is 4.90 Å². The minimum absolute atomic E-state index is 0.00117. The molecule has 2 aromatic rings. The van der Waals surface area contributed by atoms with Gasteiger partial charge < -0.3 is 14.2 Å². The number of hydrogen-bond acceptors (Lipinski definition) is 8. The van der Waals surface area contributed by atoms with Crippen molar-refractivity contribution in [2.75, 3.05) is 26.1 Å². The van der Waals surface area contributed by atoms with Gasteiger partial charge in [-0.2, -0.15) is 0 Å². The van der Waals surface area contributed by atoms with Crippen LogP contribution in [0, 0.1) is 0 Å². The summed E-state index contributed by atoms with van der Waals surface area (Å²) < 4.78 is 41.6. The molecule has 0 unspecified atom stereocenters. The van der Waals surface area contributed by atoms with E-state index in [1.807, 2.05) is 0 Å². The van der Waals surface area contributed by atoms with Crippen LogP contribution in [0.5, 0.6) is 0 Å². The molecule has 0 heterocycles. The number of carbonyl (C=O) groups is 3. The zero-order valence-corrected chi connectivity index (χ0v) is 17.1. The van der Waals surface area contributed by atoms with Crippen molar-refractivity contribution in [1.29, 1.82) is 0 Å². The summed E-state index contributed by atoms with van der Waals surface area (Å²) in [6.07, 6.45) is 0. The monoisotopic (exact) mass is 441 g/mol. The van der Waals surface area contributed by atoms with E-state index in [2.05, 4.69) is 18.9 Å². The molecule has 0 radical (unpaired) electrons. The Morgan fingerprint density at radius 1 is 0.828 bits per heavy atom. The number of carbonyl (C=O) groups excluding carboxylic acids is 3. The summed E-state index contributed by atoms with van der Waals surface area (Å²) in [4.78, 5) is 35.2. The molecule has 0 aromatic heterocycles. The highest BCUT2D eigenvalue weighted by molar-refractivity contribution is 7.92. The van der Waals surface area contributed by atoms with Crippen LogP contribution in [0.3, 0.4) is 0 Å². The second-order valence-corrected chi connectivity index (χ2v) is 7.57. The quantitative estimate of drug-likeness (QED) is 0.535. The van der Waals surface area contributed by atoms with Crippen molar-refractivity contribution in [2.24, 2.45) is 0 Å². The Balaban J connectivity index is 2.55. The van der Waals surface area contributed by atoms with Gasteiger partial charge in [0, 0.05) is 0 Å². The maximum Gasteiger partial charge on any atom is 0.339 e. The smallest absolute Gasteiger partial charge is 0.339 e. The summed E-state index contributed by atoms with van der Waals surface area (Å²) in [5, 5.41) is -0.00117. The first-order chi connectivity index (χ1) is 13.6. The lowest BCUT2D eigenvalue weighted by Gasteiger charge is -2.13. The first-order valence-electron chi connectivity index (χ1n) is 7.86. The minimum atomic E-state index is -4.28. The number of anilines is 1. The van der Waals surface area contributed by atoms with Crippen molar-refractivity contribution < 1.29 is 37.0 Å². The first kappa shape index (κ1) is 22.2. The van der Waals surface area contributed by atoms with Crippen molar-refractivity contribution in [3.63, 3.8) is 0 Å². The molecule has 0 saturated heterocycles. The van der Waals surface area contributed by atoms with Crippen molar-refractivity contribution in [3.05, 3.63) is 58.1 Å². The molecule has 29 heavy (non-hydrogen) atoms. The Morgan fingerprint density at radius 3 is 2.00 bits per heavy atom. The number of benzene rings is 2.